The normalized spacial score (nSPS) is 10.9. The van der Waals surface area contributed by atoms with Crippen molar-refractivity contribution in [2.24, 2.45) is 0 Å². The minimum Gasteiger partial charge on any atom is -0.497 e. The number of ether oxygens (including phenoxy) is 1. The summed E-state index contributed by atoms with van der Waals surface area (Å²) in [5.74, 6) is 2.28. The van der Waals surface area contributed by atoms with E-state index in [1.165, 1.54) is 0 Å². The molecule has 0 atom stereocenters. The molecule has 0 radical (unpaired) electrons. The summed E-state index contributed by atoms with van der Waals surface area (Å²) in [6.45, 7) is 2.52. The smallest absolute Gasteiger partial charge is 0.140 e. The first kappa shape index (κ1) is 19.6. The summed E-state index contributed by atoms with van der Waals surface area (Å²) in [6, 6.07) is 14.0. The highest BCUT2D eigenvalue weighted by molar-refractivity contribution is 5.64. The molecule has 158 valence electrons. The zero-order chi connectivity index (χ0) is 21.9. The summed E-state index contributed by atoms with van der Waals surface area (Å²) in [5.41, 5.74) is 5.70. The van der Waals surface area contributed by atoms with Crippen molar-refractivity contribution in [2.75, 3.05) is 12.4 Å². The fraction of sp³-hybridized carbons (Fsp3) is 0.125. The van der Waals surface area contributed by atoms with Crippen molar-refractivity contribution in [1.82, 2.24) is 29.3 Å². The lowest BCUT2D eigenvalue weighted by atomic mass is 10.1. The van der Waals surface area contributed by atoms with Crippen molar-refractivity contribution in [3.05, 3.63) is 85.0 Å². The Kier molecular flexibility index (Phi) is 5.17. The van der Waals surface area contributed by atoms with Crippen molar-refractivity contribution in [3.63, 3.8) is 0 Å². The molecule has 5 rings (SSSR count). The van der Waals surface area contributed by atoms with Crippen LogP contribution in [0.25, 0.3) is 28.2 Å². The third-order valence-electron chi connectivity index (χ3n) is 5.19. The Hall–Kier alpha value is -4.33. The van der Waals surface area contributed by atoms with Crippen molar-refractivity contribution in [1.29, 1.82) is 0 Å². The third-order valence-corrected chi connectivity index (χ3v) is 5.19. The first-order valence-corrected chi connectivity index (χ1v) is 10.1. The lowest BCUT2D eigenvalue weighted by Crippen LogP contribution is -2.02. The summed E-state index contributed by atoms with van der Waals surface area (Å²) >= 11 is 0. The first-order chi connectivity index (χ1) is 15.7. The largest absolute Gasteiger partial charge is 0.497 e. The molecule has 5 aromatic rings. The quantitative estimate of drug-likeness (QED) is 0.438. The highest BCUT2D eigenvalue weighted by Crippen LogP contribution is 2.23. The average molecular weight is 423 g/mol. The summed E-state index contributed by atoms with van der Waals surface area (Å²) in [5, 5.41) is 3.37. The number of aryl methyl sites for hydroxylation is 1. The second kappa shape index (κ2) is 8.43. The van der Waals surface area contributed by atoms with Crippen LogP contribution < -0.4 is 10.1 Å². The molecule has 8 heteroatoms. The Bertz CT molecular complexity index is 1360. The van der Waals surface area contributed by atoms with Crippen molar-refractivity contribution < 1.29 is 4.74 Å². The van der Waals surface area contributed by atoms with Crippen LogP contribution in [0.2, 0.25) is 0 Å². The SMILES string of the molecule is COc1ccn2c(-c3cc(NCc4ccc(-c5cnc(C)nc5)cc4)ncn3)cnc2c1. The molecule has 1 N–H and O–H groups in total. The highest BCUT2D eigenvalue weighted by Gasteiger charge is 2.09. The first-order valence-electron chi connectivity index (χ1n) is 10.1. The standard InChI is InChI=1S/C24H21N7O/c1-16-25-12-19(13-26-16)18-5-3-17(4-6-18)11-27-23-10-21(29-15-30-23)22-14-28-24-9-20(32-2)7-8-31(22)24/h3-10,12-15H,11H2,1-2H3,(H,27,29,30). The molecule has 0 saturated carbocycles. The van der Waals surface area contributed by atoms with E-state index >= 15 is 0 Å². The van der Waals surface area contributed by atoms with Gasteiger partial charge in [-0.25, -0.2) is 24.9 Å². The van der Waals surface area contributed by atoms with Crippen LogP contribution in [0.5, 0.6) is 5.75 Å². The van der Waals surface area contributed by atoms with Crippen LogP contribution >= 0.6 is 0 Å². The van der Waals surface area contributed by atoms with Crippen LogP contribution in [0.3, 0.4) is 0 Å². The van der Waals surface area contributed by atoms with Crippen LogP contribution in [0.15, 0.2) is 73.6 Å². The lowest BCUT2D eigenvalue weighted by molar-refractivity contribution is 0.414. The number of hydrogen-bond acceptors (Lipinski definition) is 7. The van der Waals surface area contributed by atoms with Crippen LogP contribution in [0.1, 0.15) is 11.4 Å². The number of nitrogens with zero attached hydrogens (tertiary/aromatic N) is 6. The monoisotopic (exact) mass is 423 g/mol. The number of benzene rings is 1. The second-order valence-corrected chi connectivity index (χ2v) is 7.30. The molecule has 0 aliphatic heterocycles. The van der Waals surface area contributed by atoms with E-state index in [-0.39, 0.29) is 0 Å². The molecule has 8 nitrogen and oxygen atoms in total. The maximum atomic E-state index is 5.27. The molecular formula is C24H21N7O. The van der Waals surface area contributed by atoms with Gasteiger partial charge in [-0.15, -0.1) is 0 Å². The molecule has 0 bridgehead atoms. The molecule has 0 spiro atoms. The molecule has 0 fully saturated rings. The second-order valence-electron chi connectivity index (χ2n) is 7.30. The van der Waals surface area contributed by atoms with Gasteiger partial charge in [0.25, 0.3) is 0 Å². The van der Waals surface area contributed by atoms with E-state index in [0.29, 0.717) is 6.54 Å². The summed E-state index contributed by atoms with van der Waals surface area (Å²) in [4.78, 5) is 21.8. The number of hydrogen-bond donors (Lipinski definition) is 1. The van der Waals surface area contributed by atoms with Gasteiger partial charge in [0.05, 0.1) is 24.7 Å². The van der Waals surface area contributed by atoms with Gasteiger partial charge < -0.3 is 10.1 Å². The van der Waals surface area contributed by atoms with E-state index in [2.05, 4.69) is 54.5 Å². The van der Waals surface area contributed by atoms with E-state index in [4.69, 9.17) is 4.74 Å². The van der Waals surface area contributed by atoms with E-state index in [9.17, 15) is 0 Å². The molecular weight excluding hydrogens is 402 g/mol. The highest BCUT2D eigenvalue weighted by atomic mass is 16.5. The third kappa shape index (κ3) is 3.98. The Morgan fingerprint density at radius 1 is 0.875 bits per heavy atom. The predicted molar refractivity (Wildman–Crippen MR) is 122 cm³/mol. The van der Waals surface area contributed by atoms with E-state index < -0.39 is 0 Å². The fourth-order valence-electron chi connectivity index (χ4n) is 3.42. The fourth-order valence-corrected chi connectivity index (χ4v) is 3.42. The maximum absolute atomic E-state index is 5.27. The number of fused-ring (bicyclic) bond motifs is 1. The van der Waals surface area contributed by atoms with Crippen LogP contribution in [0, 0.1) is 6.92 Å². The molecule has 32 heavy (non-hydrogen) atoms. The lowest BCUT2D eigenvalue weighted by Gasteiger charge is -2.08. The van der Waals surface area contributed by atoms with Gasteiger partial charge in [-0.05, 0) is 24.1 Å². The number of methoxy groups -OCH3 is 1. The van der Waals surface area contributed by atoms with Crippen molar-refractivity contribution >= 4 is 11.5 Å². The Balaban J connectivity index is 1.31. The van der Waals surface area contributed by atoms with Crippen LogP contribution in [0.4, 0.5) is 5.82 Å². The molecule has 0 saturated heterocycles. The maximum Gasteiger partial charge on any atom is 0.140 e. The number of pyridine rings is 1. The molecule has 0 aliphatic carbocycles. The van der Waals surface area contributed by atoms with Gasteiger partial charge in [0.1, 0.15) is 29.4 Å². The van der Waals surface area contributed by atoms with Gasteiger partial charge in [-0.3, -0.25) is 4.40 Å². The minimum atomic E-state index is 0.644. The topological polar surface area (TPSA) is 90.1 Å². The molecule has 0 aliphatic rings. The molecule has 1 aromatic carbocycles. The summed E-state index contributed by atoms with van der Waals surface area (Å²) in [6.07, 6.45) is 8.96. The Morgan fingerprint density at radius 3 is 2.47 bits per heavy atom. The molecule has 0 amide bonds. The van der Waals surface area contributed by atoms with Crippen molar-refractivity contribution in [3.8, 4) is 28.3 Å². The van der Waals surface area contributed by atoms with Gasteiger partial charge in [-0.2, -0.15) is 0 Å². The Morgan fingerprint density at radius 2 is 1.69 bits per heavy atom. The summed E-state index contributed by atoms with van der Waals surface area (Å²) in [7, 11) is 1.64. The van der Waals surface area contributed by atoms with Gasteiger partial charge in [-0.1, -0.05) is 24.3 Å². The van der Waals surface area contributed by atoms with Gasteiger partial charge in [0, 0.05) is 42.8 Å². The van der Waals surface area contributed by atoms with Gasteiger partial charge in [0.2, 0.25) is 0 Å². The van der Waals surface area contributed by atoms with Crippen molar-refractivity contribution in [2.45, 2.75) is 13.5 Å². The van der Waals surface area contributed by atoms with E-state index in [1.807, 2.05) is 48.1 Å². The Labute approximate surface area is 185 Å². The number of imidazole rings is 1. The zero-order valence-corrected chi connectivity index (χ0v) is 17.7. The average Bonchev–Trinajstić information content (AvgIpc) is 3.27. The molecule has 0 unspecified atom stereocenters. The van der Waals surface area contributed by atoms with Crippen LogP contribution in [-0.4, -0.2) is 36.4 Å². The number of nitrogens with one attached hydrogen (secondary N) is 1. The zero-order valence-electron chi connectivity index (χ0n) is 17.7. The van der Waals surface area contributed by atoms with Gasteiger partial charge in [0.15, 0.2) is 0 Å². The van der Waals surface area contributed by atoms with Crippen LogP contribution in [-0.2, 0) is 6.54 Å². The number of rotatable bonds is 6. The molecule has 4 heterocycles. The molecule has 4 aromatic heterocycles. The van der Waals surface area contributed by atoms with E-state index in [0.717, 1.165) is 51.1 Å². The van der Waals surface area contributed by atoms with Gasteiger partial charge >= 0.3 is 0 Å². The predicted octanol–water partition coefficient (Wildman–Crippen LogP) is 4.18. The summed E-state index contributed by atoms with van der Waals surface area (Å²) < 4.78 is 7.25. The minimum absolute atomic E-state index is 0.644. The van der Waals surface area contributed by atoms with E-state index in [1.54, 1.807) is 19.6 Å². The number of anilines is 1. The number of aromatic nitrogens is 6.